The second-order valence-corrected chi connectivity index (χ2v) is 6.86. The summed E-state index contributed by atoms with van der Waals surface area (Å²) in [6, 6.07) is 13.0. The first-order valence-corrected chi connectivity index (χ1v) is 9.12. The molecule has 24 heavy (non-hydrogen) atoms. The Labute approximate surface area is 149 Å². The van der Waals surface area contributed by atoms with Crippen molar-refractivity contribution in [1.82, 2.24) is 4.98 Å². The van der Waals surface area contributed by atoms with E-state index in [1.165, 1.54) is 38.9 Å². The van der Waals surface area contributed by atoms with Crippen LogP contribution in [0.3, 0.4) is 0 Å². The van der Waals surface area contributed by atoms with Crippen LogP contribution in [0.25, 0.3) is 22.2 Å². The molecule has 0 unspecified atom stereocenters. The van der Waals surface area contributed by atoms with E-state index in [1.807, 2.05) is 6.07 Å². The Hall–Kier alpha value is -1.77. The van der Waals surface area contributed by atoms with Crippen molar-refractivity contribution in [3.63, 3.8) is 0 Å². The second-order valence-electron chi connectivity index (χ2n) is 6.42. The van der Waals surface area contributed by atoms with Gasteiger partial charge < -0.3 is 10.7 Å². The zero-order valence-electron chi connectivity index (χ0n) is 14.5. The maximum atomic E-state index is 6.32. The molecule has 1 aromatic heterocycles. The lowest BCUT2D eigenvalue weighted by Gasteiger charge is -2.06. The van der Waals surface area contributed by atoms with Gasteiger partial charge in [0.2, 0.25) is 0 Å². The molecule has 126 valence electrons. The van der Waals surface area contributed by atoms with Gasteiger partial charge in [0.1, 0.15) is 0 Å². The number of hydrogen-bond acceptors (Lipinski definition) is 1. The highest BCUT2D eigenvalue weighted by atomic mass is 35.5. The molecule has 0 saturated heterocycles. The van der Waals surface area contributed by atoms with Crippen molar-refractivity contribution in [3.8, 4) is 11.3 Å². The highest BCUT2D eigenvalue weighted by molar-refractivity contribution is 6.31. The first-order valence-electron chi connectivity index (χ1n) is 8.74. The molecule has 0 bridgehead atoms. The van der Waals surface area contributed by atoms with Gasteiger partial charge in [-0.05, 0) is 73.5 Å². The van der Waals surface area contributed by atoms with Crippen LogP contribution >= 0.6 is 11.6 Å². The number of benzene rings is 2. The summed E-state index contributed by atoms with van der Waals surface area (Å²) in [4.78, 5) is 3.65. The number of unbranched alkanes of at least 4 members (excludes halogenated alkanes) is 1. The lowest BCUT2D eigenvalue weighted by molar-refractivity contribution is 0.748. The summed E-state index contributed by atoms with van der Waals surface area (Å²) in [6.45, 7) is 5.03. The highest BCUT2D eigenvalue weighted by Crippen LogP contribution is 2.35. The molecular formula is C21H25ClN2. The number of nitrogens with two attached hydrogens (primary N) is 1. The molecule has 0 aliphatic rings. The van der Waals surface area contributed by atoms with Gasteiger partial charge in [0.25, 0.3) is 0 Å². The molecule has 0 fully saturated rings. The molecule has 2 aromatic carbocycles. The van der Waals surface area contributed by atoms with E-state index in [9.17, 15) is 0 Å². The lowest BCUT2D eigenvalue weighted by atomic mass is 9.99. The zero-order valence-corrected chi connectivity index (χ0v) is 15.2. The third-order valence-electron chi connectivity index (χ3n) is 4.71. The number of aromatic amines is 1. The van der Waals surface area contributed by atoms with Crippen LogP contribution in [0, 0.1) is 6.92 Å². The quantitative estimate of drug-likeness (QED) is 0.560. The standard InChI is InChI=1S/C21H25ClN2/c1-3-15-7-9-16(10-8-15)21-18(6-4-5-11-23)19-13-17(22)12-14(2)20(19)24-21/h7-10,12-13,24H,3-6,11,23H2,1-2H3. The van der Waals surface area contributed by atoms with E-state index in [4.69, 9.17) is 17.3 Å². The number of aryl methyl sites for hydroxylation is 3. The maximum Gasteiger partial charge on any atom is 0.0497 e. The van der Waals surface area contributed by atoms with Crippen LogP contribution in [0.15, 0.2) is 36.4 Å². The Morgan fingerprint density at radius 3 is 2.50 bits per heavy atom. The summed E-state index contributed by atoms with van der Waals surface area (Å²) in [5, 5.41) is 2.04. The van der Waals surface area contributed by atoms with Gasteiger partial charge in [0.15, 0.2) is 0 Å². The Balaban J connectivity index is 2.13. The van der Waals surface area contributed by atoms with Gasteiger partial charge in [-0.15, -0.1) is 0 Å². The van der Waals surface area contributed by atoms with Gasteiger partial charge in [-0.1, -0.05) is 42.8 Å². The normalized spacial score (nSPS) is 11.3. The van der Waals surface area contributed by atoms with Crippen molar-refractivity contribution in [2.75, 3.05) is 6.54 Å². The fourth-order valence-corrected chi connectivity index (χ4v) is 3.61. The lowest BCUT2D eigenvalue weighted by Crippen LogP contribution is -1.99. The van der Waals surface area contributed by atoms with E-state index in [1.54, 1.807) is 0 Å². The van der Waals surface area contributed by atoms with Gasteiger partial charge in [-0.25, -0.2) is 0 Å². The molecule has 2 nitrogen and oxygen atoms in total. The molecule has 0 radical (unpaired) electrons. The minimum atomic E-state index is 0.739. The van der Waals surface area contributed by atoms with Crippen molar-refractivity contribution < 1.29 is 0 Å². The number of aromatic nitrogens is 1. The third-order valence-corrected chi connectivity index (χ3v) is 4.93. The van der Waals surface area contributed by atoms with Crippen LogP contribution in [0.1, 0.15) is 36.5 Å². The fraction of sp³-hybridized carbons (Fsp3) is 0.333. The van der Waals surface area contributed by atoms with Crippen LogP contribution in [0.5, 0.6) is 0 Å². The number of hydrogen-bond donors (Lipinski definition) is 2. The molecular weight excluding hydrogens is 316 g/mol. The summed E-state index contributed by atoms with van der Waals surface area (Å²) < 4.78 is 0. The Kier molecular flexibility index (Phi) is 5.27. The van der Waals surface area contributed by atoms with Gasteiger partial charge in [0, 0.05) is 21.6 Å². The summed E-state index contributed by atoms with van der Waals surface area (Å²) in [6.07, 6.45) is 4.21. The maximum absolute atomic E-state index is 6.32. The average molecular weight is 341 g/mol. The number of nitrogens with one attached hydrogen (secondary N) is 1. The van der Waals surface area contributed by atoms with E-state index in [-0.39, 0.29) is 0 Å². The van der Waals surface area contributed by atoms with E-state index in [2.05, 4.69) is 49.2 Å². The molecule has 3 heteroatoms. The summed E-state index contributed by atoms with van der Waals surface area (Å²) >= 11 is 6.32. The van der Waals surface area contributed by atoms with Crippen LogP contribution in [0.4, 0.5) is 0 Å². The van der Waals surface area contributed by atoms with Gasteiger partial charge in [-0.3, -0.25) is 0 Å². The molecule has 3 rings (SSSR count). The number of fused-ring (bicyclic) bond motifs is 1. The predicted molar refractivity (Wildman–Crippen MR) is 105 cm³/mol. The van der Waals surface area contributed by atoms with E-state index in [0.717, 1.165) is 37.3 Å². The SMILES string of the molecule is CCc1ccc(-c2[nH]c3c(C)cc(Cl)cc3c2CCCCN)cc1. The first kappa shape index (κ1) is 17.1. The smallest absolute Gasteiger partial charge is 0.0497 e. The molecule has 3 N–H and O–H groups in total. The van der Waals surface area contributed by atoms with Gasteiger partial charge in [0.05, 0.1) is 0 Å². The Morgan fingerprint density at radius 1 is 1.08 bits per heavy atom. The number of H-pyrrole nitrogens is 1. The fourth-order valence-electron chi connectivity index (χ4n) is 3.34. The number of rotatable bonds is 6. The minimum Gasteiger partial charge on any atom is -0.354 e. The number of halogens is 1. The Morgan fingerprint density at radius 2 is 1.83 bits per heavy atom. The molecule has 1 heterocycles. The van der Waals surface area contributed by atoms with Crippen molar-refractivity contribution in [1.29, 1.82) is 0 Å². The monoisotopic (exact) mass is 340 g/mol. The van der Waals surface area contributed by atoms with Crippen molar-refractivity contribution in [2.45, 2.75) is 39.5 Å². The zero-order chi connectivity index (χ0) is 17.1. The molecule has 0 atom stereocenters. The van der Waals surface area contributed by atoms with Crippen LogP contribution in [-0.4, -0.2) is 11.5 Å². The molecule has 0 aliphatic heterocycles. The van der Waals surface area contributed by atoms with Crippen LogP contribution in [-0.2, 0) is 12.8 Å². The molecule has 3 aromatic rings. The summed E-state index contributed by atoms with van der Waals surface area (Å²) in [5.74, 6) is 0. The van der Waals surface area contributed by atoms with Crippen molar-refractivity contribution >= 4 is 22.5 Å². The second kappa shape index (κ2) is 7.42. The first-order chi connectivity index (χ1) is 11.6. The van der Waals surface area contributed by atoms with E-state index < -0.39 is 0 Å². The molecule has 0 spiro atoms. The minimum absolute atomic E-state index is 0.739. The van der Waals surface area contributed by atoms with Crippen LogP contribution in [0.2, 0.25) is 5.02 Å². The molecule has 0 amide bonds. The van der Waals surface area contributed by atoms with Gasteiger partial charge in [-0.2, -0.15) is 0 Å². The third kappa shape index (κ3) is 3.35. The molecule has 0 aliphatic carbocycles. The topological polar surface area (TPSA) is 41.8 Å². The summed E-state index contributed by atoms with van der Waals surface area (Å²) in [7, 11) is 0. The summed E-state index contributed by atoms with van der Waals surface area (Å²) in [5.41, 5.74) is 13.2. The largest absolute Gasteiger partial charge is 0.354 e. The van der Waals surface area contributed by atoms with Gasteiger partial charge >= 0.3 is 0 Å². The van der Waals surface area contributed by atoms with Crippen LogP contribution < -0.4 is 5.73 Å². The van der Waals surface area contributed by atoms with Crippen molar-refractivity contribution in [3.05, 3.63) is 58.1 Å². The van der Waals surface area contributed by atoms with E-state index in [0.29, 0.717) is 0 Å². The Bertz CT molecular complexity index is 831. The van der Waals surface area contributed by atoms with Crippen molar-refractivity contribution in [2.24, 2.45) is 5.73 Å². The molecule has 0 saturated carbocycles. The average Bonchev–Trinajstić information content (AvgIpc) is 2.94. The van der Waals surface area contributed by atoms with E-state index >= 15 is 0 Å². The highest BCUT2D eigenvalue weighted by Gasteiger charge is 2.15. The predicted octanol–water partition coefficient (Wildman–Crippen LogP) is 5.64.